The fourth-order valence-corrected chi connectivity index (χ4v) is 3.84. The highest BCUT2D eigenvalue weighted by Crippen LogP contribution is 2.16. The SMILES string of the molecule is CN(C(=O)c1ccncc1)c1ccc(CNC(=O)CC2CSCCN2)cc1. The summed E-state index contributed by atoms with van der Waals surface area (Å²) in [7, 11) is 1.74. The molecule has 27 heavy (non-hydrogen) atoms. The molecule has 3 rings (SSSR count). The molecule has 1 fully saturated rings. The van der Waals surface area contributed by atoms with E-state index in [-0.39, 0.29) is 17.9 Å². The minimum atomic E-state index is -0.0868. The maximum Gasteiger partial charge on any atom is 0.258 e. The van der Waals surface area contributed by atoms with Crippen LogP contribution >= 0.6 is 11.8 Å². The van der Waals surface area contributed by atoms with Crippen molar-refractivity contribution in [3.63, 3.8) is 0 Å². The first-order valence-electron chi connectivity index (χ1n) is 8.98. The standard InChI is InChI=1S/C20H24N4O2S/c1-24(20(26)16-6-8-21-9-7-16)18-4-2-15(3-5-18)13-23-19(25)12-17-14-27-11-10-22-17/h2-9,17,22H,10-14H2,1H3,(H,23,25). The first-order valence-corrected chi connectivity index (χ1v) is 10.1. The van der Waals surface area contributed by atoms with Crippen molar-refractivity contribution >= 4 is 29.3 Å². The van der Waals surface area contributed by atoms with Gasteiger partial charge in [0.25, 0.3) is 5.91 Å². The van der Waals surface area contributed by atoms with Gasteiger partial charge in [-0.1, -0.05) is 12.1 Å². The summed E-state index contributed by atoms with van der Waals surface area (Å²) in [5.74, 6) is 2.07. The highest BCUT2D eigenvalue weighted by atomic mass is 32.2. The minimum Gasteiger partial charge on any atom is -0.352 e. The quantitative estimate of drug-likeness (QED) is 0.798. The van der Waals surface area contributed by atoms with E-state index in [4.69, 9.17) is 0 Å². The van der Waals surface area contributed by atoms with Crippen LogP contribution < -0.4 is 15.5 Å². The van der Waals surface area contributed by atoms with E-state index in [0.29, 0.717) is 18.5 Å². The smallest absolute Gasteiger partial charge is 0.258 e. The van der Waals surface area contributed by atoms with Crippen LogP contribution in [0.15, 0.2) is 48.8 Å². The molecule has 2 amide bonds. The van der Waals surface area contributed by atoms with Gasteiger partial charge in [-0.3, -0.25) is 14.6 Å². The molecule has 2 heterocycles. The number of nitrogens with one attached hydrogen (secondary N) is 2. The Morgan fingerprint density at radius 1 is 1.22 bits per heavy atom. The molecule has 1 saturated heterocycles. The van der Waals surface area contributed by atoms with Gasteiger partial charge in [0, 0.05) is 67.8 Å². The first-order chi connectivity index (χ1) is 13.1. The average molecular weight is 385 g/mol. The summed E-state index contributed by atoms with van der Waals surface area (Å²) < 4.78 is 0. The molecule has 142 valence electrons. The molecule has 0 spiro atoms. The molecular weight excluding hydrogens is 360 g/mol. The zero-order valence-corrected chi connectivity index (χ0v) is 16.2. The van der Waals surface area contributed by atoms with Crippen LogP contribution in [0.25, 0.3) is 0 Å². The molecule has 7 heteroatoms. The largest absolute Gasteiger partial charge is 0.352 e. The summed E-state index contributed by atoms with van der Waals surface area (Å²) in [5.41, 5.74) is 2.40. The van der Waals surface area contributed by atoms with Gasteiger partial charge < -0.3 is 15.5 Å². The van der Waals surface area contributed by atoms with Gasteiger partial charge in [-0.15, -0.1) is 0 Å². The van der Waals surface area contributed by atoms with Crippen molar-refractivity contribution in [3.8, 4) is 0 Å². The molecule has 0 radical (unpaired) electrons. The molecule has 0 bridgehead atoms. The number of hydrogen-bond acceptors (Lipinski definition) is 5. The lowest BCUT2D eigenvalue weighted by Gasteiger charge is -2.22. The van der Waals surface area contributed by atoms with Gasteiger partial charge in [-0.2, -0.15) is 11.8 Å². The summed E-state index contributed by atoms with van der Waals surface area (Å²) in [6, 6.07) is 11.3. The van der Waals surface area contributed by atoms with Crippen molar-refractivity contribution in [1.29, 1.82) is 0 Å². The summed E-state index contributed by atoms with van der Waals surface area (Å²) in [5, 5.41) is 6.34. The molecule has 2 aromatic rings. The third-order valence-corrected chi connectivity index (χ3v) is 5.61. The average Bonchev–Trinajstić information content (AvgIpc) is 2.73. The summed E-state index contributed by atoms with van der Waals surface area (Å²) >= 11 is 1.89. The topological polar surface area (TPSA) is 74.3 Å². The minimum absolute atomic E-state index is 0.0593. The van der Waals surface area contributed by atoms with Crippen molar-refractivity contribution in [3.05, 3.63) is 59.9 Å². The third kappa shape index (κ3) is 5.55. The van der Waals surface area contributed by atoms with Crippen LogP contribution in [0.3, 0.4) is 0 Å². The van der Waals surface area contributed by atoms with E-state index in [1.807, 2.05) is 36.0 Å². The number of pyridine rings is 1. The fourth-order valence-electron chi connectivity index (χ4n) is 2.89. The van der Waals surface area contributed by atoms with Crippen LogP contribution in [0.5, 0.6) is 0 Å². The van der Waals surface area contributed by atoms with Crippen molar-refractivity contribution in [1.82, 2.24) is 15.6 Å². The van der Waals surface area contributed by atoms with Gasteiger partial charge in [0.2, 0.25) is 5.91 Å². The van der Waals surface area contributed by atoms with Crippen LogP contribution in [0.1, 0.15) is 22.3 Å². The molecule has 1 unspecified atom stereocenters. The Balaban J connectivity index is 1.51. The summed E-state index contributed by atoms with van der Waals surface area (Å²) in [4.78, 5) is 30.1. The van der Waals surface area contributed by atoms with Crippen molar-refractivity contribution < 1.29 is 9.59 Å². The second-order valence-corrected chi connectivity index (χ2v) is 7.62. The number of carbonyl (C=O) groups is 2. The molecule has 1 aliphatic heterocycles. The van der Waals surface area contributed by atoms with Gasteiger partial charge >= 0.3 is 0 Å². The zero-order valence-electron chi connectivity index (χ0n) is 15.4. The van der Waals surface area contributed by atoms with Gasteiger partial charge in [-0.25, -0.2) is 0 Å². The Hall–Kier alpha value is -2.38. The number of nitrogens with zero attached hydrogens (tertiary/aromatic N) is 2. The number of amides is 2. The van der Waals surface area contributed by atoms with E-state index in [2.05, 4.69) is 15.6 Å². The molecule has 2 N–H and O–H groups in total. The van der Waals surface area contributed by atoms with E-state index in [1.165, 1.54) is 0 Å². The van der Waals surface area contributed by atoms with Gasteiger partial charge in [0.1, 0.15) is 0 Å². The van der Waals surface area contributed by atoms with E-state index in [0.717, 1.165) is 29.3 Å². The normalized spacial score (nSPS) is 16.6. The van der Waals surface area contributed by atoms with Crippen LogP contribution in [0.2, 0.25) is 0 Å². The van der Waals surface area contributed by atoms with Crippen molar-refractivity contribution in [2.45, 2.75) is 19.0 Å². The first kappa shape index (κ1) is 19.4. The number of benzene rings is 1. The monoisotopic (exact) mass is 384 g/mol. The van der Waals surface area contributed by atoms with Crippen molar-refractivity contribution in [2.24, 2.45) is 0 Å². The van der Waals surface area contributed by atoms with E-state index >= 15 is 0 Å². The predicted molar refractivity (Wildman–Crippen MR) is 109 cm³/mol. The van der Waals surface area contributed by atoms with E-state index in [1.54, 1.807) is 36.5 Å². The van der Waals surface area contributed by atoms with Crippen molar-refractivity contribution in [2.75, 3.05) is 30.0 Å². The number of anilines is 1. The zero-order chi connectivity index (χ0) is 19.1. The number of aromatic nitrogens is 1. The number of hydrogen-bond donors (Lipinski definition) is 2. The Kier molecular flexibility index (Phi) is 6.84. The molecular formula is C20H24N4O2S. The lowest BCUT2D eigenvalue weighted by molar-refractivity contribution is -0.121. The molecule has 0 aliphatic carbocycles. The molecule has 6 nitrogen and oxygen atoms in total. The molecule has 1 aromatic carbocycles. The Bertz CT molecular complexity index is 761. The van der Waals surface area contributed by atoms with E-state index < -0.39 is 0 Å². The summed E-state index contributed by atoms with van der Waals surface area (Å²) in [6.07, 6.45) is 3.72. The molecule has 1 aromatic heterocycles. The second kappa shape index (κ2) is 9.53. The number of thioether (sulfide) groups is 1. The Morgan fingerprint density at radius 3 is 2.63 bits per heavy atom. The van der Waals surface area contributed by atoms with Gasteiger partial charge in [0.15, 0.2) is 0 Å². The van der Waals surface area contributed by atoms with Crippen LogP contribution in [-0.2, 0) is 11.3 Å². The molecule has 0 saturated carbocycles. The summed E-state index contributed by atoms with van der Waals surface area (Å²) in [6.45, 7) is 1.46. The Labute approximate surface area is 163 Å². The number of rotatable bonds is 6. The maximum atomic E-state index is 12.5. The lowest BCUT2D eigenvalue weighted by Crippen LogP contribution is -2.41. The Morgan fingerprint density at radius 2 is 1.96 bits per heavy atom. The molecule has 1 atom stereocenters. The van der Waals surface area contributed by atoms with Crippen LogP contribution in [0, 0.1) is 0 Å². The van der Waals surface area contributed by atoms with E-state index in [9.17, 15) is 9.59 Å². The highest BCUT2D eigenvalue weighted by Gasteiger charge is 2.16. The second-order valence-electron chi connectivity index (χ2n) is 6.47. The van der Waals surface area contributed by atoms with Crippen LogP contribution in [-0.4, -0.2) is 47.9 Å². The third-order valence-electron chi connectivity index (χ3n) is 4.48. The lowest BCUT2D eigenvalue weighted by atomic mass is 10.1. The predicted octanol–water partition coefficient (Wildman–Crippen LogP) is 2.07. The van der Waals surface area contributed by atoms with Gasteiger partial charge in [-0.05, 0) is 29.8 Å². The molecule has 1 aliphatic rings. The fraction of sp³-hybridized carbons (Fsp3) is 0.350. The highest BCUT2D eigenvalue weighted by molar-refractivity contribution is 7.99. The number of carbonyl (C=O) groups excluding carboxylic acids is 2. The van der Waals surface area contributed by atoms with Gasteiger partial charge in [0.05, 0.1) is 0 Å². The van der Waals surface area contributed by atoms with Crippen LogP contribution in [0.4, 0.5) is 5.69 Å². The maximum absolute atomic E-state index is 12.5.